The van der Waals surface area contributed by atoms with E-state index in [1.54, 1.807) is 32.2 Å². The van der Waals surface area contributed by atoms with E-state index in [0.29, 0.717) is 5.75 Å². The number of rotatable bonds is 9. The summed E-state index contributed by atoms with van der Waals surface area (Å²) in [5, 5.41) is 0. The van der Waals surface area contributed by atoms with E-state index in [0.717, 1.165) is 11.6 Å². The lowest BCUT2D eigenvalue weighted by atomic mass is 10.1. The number of benzene rings is 2. The fourth-order valence-corrected chi connectivity index (χ4v) is 3.41. The predicted molar refractivity (Wildman–Crippen MR) is 95.5 cm³/mol. The summed E-state index contributed by atoms with van der Waals surface area (Å²) in [4.78, 5) is -0.182. The molecule has 1 N–H and O–H groups in total. The van der Waals surface area contributed by atoms with E-state index in [1.807, 2.05) is 6.07 Å². The van der Waals surface area contributed by atoms with Crippen LogP contribution in [0.4, 0.5) is 4.39 Å². The Morgan fingerprint density at radius 3 is 2.54 bits per heavy atom. The van der Waals surface area contributed by atoms with Crippen LogP contribution in [-0.2, 0) is 14.8 Å². The van der Waals surface area contributed by atoms with Crippen molar-refractivity contribution in [3.63, 3.8) is 0 Å². The first-order valence-electron chi connectivity index (χ1n) is 8.00. The highest BCUT2D eigenvalue weighted by atomic mass is 32.2. The Hall–Kier alpha value is -2.16. The van der Waals surface area contributed by atoms with Crippen molar-refractivity contribution in [3.05, 3.63) is 53.8 Å². The molecule has 8 heteroatoms. The zero-order chi connectivity index (χ0) is 19.2. The first-order valence-corrected chi connectivity index (χ1v) is 9.48. The van der Waals surface area contributed by atoms with Crippen LogP contribution in [0.1, 0.15) is 18.6 Å². The molecule has 0 saturated carbocycles. The van der Waals surface area contributed by atoms with Crippen molar-refractivity contribution in [1.82, 2.24) is 4.72 Å². The van der Waals surface area contributed by atoms with Gasteiger partial charge in [-0.3, -0.25) is 0 Å². The molecule has 0 aliphatic heterocycles. The third-order valence-corrected chi connectivity index (χ3v) is 5.14. The molecule has 0 heterocycles. The van der Waals surface area contributed by atoms with Crippen molar-refractivity contribution in [1.29, 1.82) is 0 Å². The second kappa shape index (κ2) is 8.98. The van der Waals surface area contributed by atoms with Crippen LogP contribution in [0.5, 0.6) is 11.5 Å². The summed E-state index contributed by atoms with van der Waals surface area (Å²) < 4.78 is 56.8. The Morgan fingerprint density at radius 1 is 1.15 bits per heavy atom. The van der Waals surface area contributed by atoms with Crippen molar-refractivity contribution in [3.8, 4) is 11.5 Å². The number of ether oxygens (including phenoxy) is 3. The molecule has 0 aliphatic carbocycles. The van der Waals surface area contributed by atoms with Crippen LogP contribution in [0.25, 0.3) is 0 Å². The van der Waals surface area contributed by atoms with Gasteiger partial charge < -0.3 is 14.2 Å². The van der Waals surface area contributed by atoms with Crippen LogP contribution in [0.15, 0.2) is 47.4 Å². The molecule has 0 aromatic heterocycles. The van der Waals surface area contributed by atoms with Gasteiger partial charge in [-0.1, -0.05) is 12.1 Å². The summed E-state index contributed by atoms with van der Waals surface area (Å²) in [6, 6.07) is 10.7. The number of hydrogen-bond acceptors (Lipinski definition) is 5. The molecule has 26 heavy (non-hydrogen) atoms. The first kappa shape index (κ1) is 20.2. The number of methoxy groups -OCH3 is 2. The van der Waals surface area contributed by atoms with E-state index >= 15 is 0 Å². The van der Waals surface area contributed by atoms with Crippen LogP contribution >= 0.6 is 0 Å². The molecule has 0 radical (unpaired) electrons. The molecule has 1 atom stereocenters. The Labute approximate surface area is 152 Å². The average molecular weight is 383 g/mol. The molecular formula is C18H22FNO5S. The van der Waals surface area contributed by atoms with E-state index in [9.17, 15) is 12.8 Å². The van der Waals surface area contributed by atoms with Crippen molar-refractivity contribution in [2.75, 3.05) is 27.4 Å². The van der Waals surface area contributed by atoms with Gasteiger partial charge in [-0.15, -0.1) is 0 Å². The van der Waals surface area contributed by atoms with Crippen LogP contribution in [0.3, 0.4) is 0 Å². The van der Waals surface area contributed by atoms with Gasteiger partial charge in [-0.05, 0) is 42.8 Å². The van der Waals surface area contributed by atoms with E-state index in [1.165, 1.54) is 19.2 Å². The minimum atomic E-state index is -3.90. The quantitative estimate of drug-likeness (QED) is 0.721. The predicted octanol–water partition coefficient (Wildman–Crippen LogP) is 2.90. The van der Waals surface area contributed by atoms with Crippen molar-refractivity contribution in [2.24, 2.45) is 0 Å². The number of nitrogens with one attached hydrogen (secondary N) is 1. The highest BCUT2D eigenvalue weighted by molar-refractivity contribution is 7.89. The molecule has 0 bridgehead atoms. The van der Waals surface area contributed by atoms with E-state index < -0.39 is 21.9 Å². The topological polar surface area (TPSA) is 73.9 Å². The minimum Gasteiger partial charge on any atom is -0.497 e. The Bertz CT molecular complexity index is 841. The lowest BCUT2D eigenvalue weighted by Crippen LogP contribution is -2.29. The second-order valence-corrected chi connectivity index (χ2v) is 7.15. The summed E-state index contributed by atoms with van der Waals surface area (Å²) in [5.74, 6) is -0.0793. The molecule has 142 valence electrons. The molecule has 2 rings (SSSR count). The maximum atomic E-state index is 13.9. The van der Waals surface area contributed by atoms with E-state index in [4.69, 9.17) is 14.2 Å². The molecule has 0 spiro atoms. The molecular weight excluding hydrogens is 361 g/mol. The number of halogens is 1. The second-order valence-electron chi connectivity index (χ2n) is 5.38. The highest BCUT2D eigenvalue weighted by Gasteiger charge is 2.20. The monoisotopic (exact) mass is 383 g/mol. The van der Waals surface area contributed by atoms with Gasteiger partial charge in [0.2, 0.25) is 10.0 Å². The molecule has 6 nitrogen and oxygen atoms in total. The van der Waals surface area contributed by atoms with Gasteiger partial charge in [-0.25, -0.2) is 17.5 Å². The molecule has 2 aromatic rings. The van der Waals surface area contributed by atoms with Gasteiger partial charge in [0, 0.05) is 13.7 Å². The third kappa shape index (κ3) is 4.94. The Morgan fingerprint density at radius 2 is 1.92 bits per heavy atom. The zero-order valence-electron chi connectivity index (χ0n) is 14.9. The fraction of sp³-hybridized carbons (Fsp3) is 0.333. The summed E-state index contributed by atoms with van der Waals surface area (Å²) in [5.41, 5.74) is 0.757. The normalized spacial score (nSPS) is 12.6. The molecule has 0 fully saturated rings. The summed E-state index contributed by atoms with van der Waals surface area (Å²) in [6.07, 6.45) is -0.521. The molecule has 2 aromatic carbocycles. The average Bonchev–Trinajstić information content (AvgIpc) is 2.64. The first-order chi connectivity index (χ1) is 12.4. The molecule has 0 unspecified atom stereocenters. The van der Waals surface area contributed by atoms with Gasteiger partial charge in [0.05, 0.1) is 24.7 Å². The smallest absolute Gasteiger partial charge is 0.240 e. The van der Waals surface area contributed by atoms with Gasteiger partial charge in [-0.2, -0.15) is 0 Å². The maximum absolute atomic E-state index is 13.9. The number of hydrogen-bond donors (Lipinski definition) is 1. The van der Waals surface area contributed by atoms with Gasteiger partial charge in [0.25, 0.3) is 0 Å². The molecule has 0 aliphatic rings. The van der Waals surface area contributed by atoms with Crippen LogP contribution in [-0.4, -0.2) is 35.8 Å². The van der Waals surface area contributed by atoms with Crippen molar-refractivity contribution >= 4 is 10.0 Å². The van der Waals surface area contributed by atoms with Gasteiger partial charge in [0.15, 0.2) is 11.6 Å². The number of sulfonamides is 1. The fourth-order valence-electron chi connectivity index (χ4n) is 2.37. The minimum absolute atomic E-state index is 0.0117. The van der Waals surface area contributed by atoms with E-state index in [2.05, 4.69) is 4.72 Å². The lowest BCUT2D eigenvalue weighted by molar-refractivity contribution is 0.107. The van der Waals surface area contributed by atoms with Gasteiger partial charge in [0.1, 0.15) is 5.75 Å². The third-order valence-electron chi connectivity index (χ3n) is 3.72. The zero-order valence-corrected chi connectivity index (χ0v) is 15.7. The van der Waals surface area contributed by atoms with E-state index in [-0.39, 0.29) is 23.8 Å². The summed E-state index contributed by atoms with van der Waals surface area (Å²) >= 11 is 0. The highest BCUT2D eigenvalue weighted by Crippen LogP contribution is 2.23. The van der Waals surface area contributed by atoms with Crippen LogP contribution in [0, 0.1) is 5.82 Å². The van der Waals surface area contributed by atoms with Gasteiger partial charge >= 0.3 is 0 Å². The largest absolute Gasteiger partial charge is 0.497 e. The Balaban J connectivity index is 2.14. The van der Waals surface area contributed by atoms with Crippen molar-refractivity contribution in [2.45, 2.75) is 17.9 Å². The standard InChI is InChI=1S/C18H22FNO5S/c1-4-25-17-9-8-15(11-16(17)19)26(21,22)20-12-18(24-3)13-6-5-7-14(10-13)23-2/h5-11,18,20H,4,12H2,1-3H3/t18-/m0/s1. The summed E-state index contributed by atoms with van der Waals surface area (Å²) in [7, 11) is -0.873. The molecule has 0 saturated heterocycles. The summed E-state index contributed by atoms with van der Waals surface area (Å²) in [6.45, 7) is 1.99. The van der Waals surface area contributed by atoms with Crippen LogP contribution in [0.2, 0.25) is 0 Å². The molecule has 0 amide bonds. The SMILES string of the molecule is CCOc1ccc(S(=O)(=O)NC[C@H](OC)c2cccc(OC)c2)cc1F. The van der Waals surface area contributed by atoms with Crippen LogP contribution < -0.4 is 14.2 Å². The van der Waals surface area contributed by atoms with Crippen molar-refractivity contribution < 1.29 is 27.0 Å². The maximum Gasteiger partial charge on any atom is 0.240 e. The lowest BCUT2D eigenvalue weighted by Gasteiger charge is -2.17. The Kier molecular flexibility index (Phi) is 6.96.